The first-order chi connectivity index (χ1) is 14.9. The number of furan rings is 1. The van der Waals surface area contributed by atoms with Crippen molar-refractivity contribution < 1.29 is 27.1 Å². The van der Waals surface area contributed by atoms with Gasteiger partial charge in [0.2, 0.25) is 5.91 Å². The maximum absolute atomic E-state index is 13.7. The van der Waals surface area contributed by atoms with E-state index in [2.05, 4.69) is 15.5 Å². The largest absolute Gasteiger partial charge is 0.493 e. The van der Waals surface area contributed by atoms with Crippen molar-refractivity contribution >= 4 is 34.3 Å². The summed E-state index contributed by atoms with van der Waals surface area (Å²) in [6, 6.07) is 8.98. The summed E-state index contributed by atoms with van der Waals surface area (Å²) in [5.74, 6) is -3.72. The molecule has 7 nitrogen and oxygen atoms in total. The number of nitrogens with zero attached hydrogens (tertiary/aromatic N) is 3. The van der Waals surface area contributed by atoms with E-state index in [0.29, 0.717) is 28.1 Å². The molecule has 2 aromatic heterocycles. The van der Waals surface area contributed by atoms with Gasteiger partial charge in [-0.1, -0.05) is 23.9 Å². The van der Waals surface area contributed by atoms with Crippen molar-refractivity contribution in [2.45, 2.75) is 5.16 Å². The Morgan fingerprint density at radius 3 is 2.77 bits per heavy atom. The van der Waals surface area contributed by atoms with E-state index < -0.39 is 29.0 Å². The number of carbonyl (C=O) groups excluding carboxylic acids is 1. The molecule has 11 heteroatoms. The van der Waals surface area contributed by atoms with Crippen LogP contribution < -0.4 is 10.1 Å². The predicted octanol–water partition coefficient (Wildman–Crippen LogP) is 4.39. The first kappa shape index (κ1) is 20.8. The number of amides is 1. The van der Waals surface area contributed by atoms with Crippen LogP contribution in [-0.2, 0) is 11.8 Å². The third-order valence-electron chi connectivity index (χ3n) is 4.42. The number of methoxy groups -OCH3 is 1. The maximum atomic E-state index is 13.7. The zero-order valence-corrected chi connectivity index (χ0v) is 17.1. The fraction of sp³-hybridized carbons (Fsp3) is 0.150. The van der Waals surface area contributed by atoms with Crippen molar-refractivity contribution in [2.75, 3.05) is 18.2 Å². The van der Waals surface area contributed by atoms with Crippen LogP contribution in [0.4, 0.5) is 18.9 Å². The predicted molar refractivity (Wildman–Crippen MR) is 108 cm³/mol. The van der Waals surface area contributed by atoms with Crippen LogP contribution in [0.1, 0.15) is 0 Å². The van der Waals surface area contributed by atoms with Gasteiger partial charge in [0.05, 0.1) is 18.6 Å². The van der Waals surface area contributed by atoms with Crippen LogP contribution in [0.5, 0.6) is 5.75 Å². The highest BCUT2D eigenvalue weighted by molar-refractivity contribution is 7.99. The van der Waals surface area contributed by atoms with E-state index >= 15 is 0 Å². The summed E-state index contributed by atoms with van der Waals surface area (Å²) in [7, 11) is 3.25. The van der Waals surface area contributed by atoms with Gasteiger partial charge in [0.25, 0.3) is 0 Å². The van der Waals surface area contributed by atoms with E-state index in [0.717, 1.165) is 29.3 Å². The smallest absolute Gasteiger partial charge is 0.234 e. The first-order valence-corrected chi connectivity index (χ1v) is 9.90. The minimum Gasteiger partial charge on any atom is -0.493 e. The number of aromatic nitrogens is 3. The Balaban J connectivity index is 1.48. The Morgan fingerprint density at radius 1 is 1.19 bits per heavy atom. The summed E-state index contributed by atoms with van der Waals surface area (Å²) in [6.45, 7) is 0. The molecule has 4 rings (SSSR count). The van der Waals surface area contributed by atoms with Gasteiger partial charge in [-0.15, -0.1) is 10.2 Å². The van der Waals surface area contributed by atoms with Gasteiger partial charge in [-0.25, -0.2) is 13.2 Å². The average molecular weight is 448 g/mol. The fourth-order valence-electron chi connectivity index (χ4n) is 2.90. The average Bonchev–Trinajstić information content (AvgIpc) is 3.35. The molecule has 0 fully saturated rings. The molecule has 0 spiro atoms. The van der Waals surface area contributed by atoms with Gasteiger partial charge < -0.3 is 19.0 Å². The van der Waals surface area contributed by atoms with Crippen molar-refractivity contribution in [2.24, 2.45) is 7.05 Å². The molecule has 0 saturated carbocycles. The minimum atomic E-state index is -1.65. The molecule has 2 aromatic carbocycles. The first-order valence-electron chi connectivity index (χ1n) is 8.91. The summed E-state index contributed by atoms with van der Waals surface area (Å²) < 4.78 is 52.8. The molecule has 4 aromatic rings. The zero-order valence-electron chi connectivity index (χ0n) is 16.3. The molecule has 2 heterocycles. The van der Waals surface area contributed by atoms with Gasteiger partial charge in [-0.3, -0.25) is 4.79 Å². The number of benzene rings is 2. The van der Waals surface area contributed by atoms with Crippen LogP contribution in [-0.4, -0.2) is 33.5 Å². The maximum Gasteiger partial charge on any atom is 0.234 e. The zero-order chi connectivity index (χ0) is 22.1. The van der Waals surface area contributed by atoms with E-state index in [1.807, 2.05) is 12.1 Å². The van der Waals surface area contributed by atoms with Crippen molar-refractivity contribution in [1.29, 1.82) is 0 Å². The summed E-state index contributed by atoms with van der Waals surface area (Å²) in [4.78, 5) is 12.1. The quantitative estimate of drug-likeness (QED) is 0.348. The summed E-state index contributed by atoms with van der Waals surface area (Å²) in [5, 5.41) is 11.6. The van der Waals surface area contributed by atoms with Gasteiger partial charge in [0.1, 0.15) is 0 Å². The van der Waals surface area contributed by atoms with Gasteiger partial charge in [0.15, 0.2) is 45.5 Å². The van der Waals surface area contributed by atoms with Gasteiger partial charge in [0, 0.05) is 12.4 Å². The van der Waals surface area contributed by atoms with E-state index in [1.165, 1.54) is 0 Å². The lowest BCUT2D eigenvalue weighted by Gasteiger charge is -2.07. The lowest BCUT2D eigenvalue weighted by Crippen LogP contribution is -2.16. The molecule has 0 bridgehead atoms. The van der Waals surface area contributed by atoms with Crippen molar-refractivity contribution in [3.8, 4) is 17.3 Å². The van der Waals surface area contributed by atoms with E-state index in [9.17, 15) is 18.0 Å². The Morgan fingerprint density at radius 2 is 2.00 bits per heavy atom. The monoisotopic (exact) mass is 448 g/mol. The standard InChI is InChI=1S/C20H15F3N4O3S/c1-27-19(14-8-10-4-3-5-13(29-2)18(10)30-14)25-26-20(27)31-9-15(28)24-12-7-6-11(21)16(22)17(12)23/h3-8H,9H2,1-2H3,(H,24,28). The second-order valence-corrected chi connectivity index (χ2v) is 7.36. The molecule has 31 heavy (non-hydrogen) atoms. The number of halogens is 3. The molecule has 0 aliphatic rings. The Kier molecular flexibility index (Phi) is 5.59. The number of para-hydroxylation sites is 1. The van der Waals surface area contributed by atoms with Crippen LogP contribution in [0.25, 0.3) is 22.6 Å². The van der Waals surface area contributed by atoms with Crippen molar-refractivity contribution in [3.63, 3.8) is 0 Å². The molecular weight excluding hydrogens is 433 g/mol. The summed E-state index contributed by atoms with van der Waals surface area (Å²) in [5.41, 5.74) is 0.129. The van der Waals surface area contributed by atoms with Gasteiger partial charge in [-0.2, -0.15) is 0 Å². The third-order valence-corrected chi connectivity index (χ3v) is 5.45. The molecule has 0 aliphatic carbocycles. The number of ether oxygens (including phenoxy) is 1. The number of hydrogen-bond acceptors (Lipinski definition) is 6. The number of thioether (sulfide) groups is 1. The number of fused-ring (bicyclic) bond motifs is 1. The second-order valence-electron chi connectivity index (χ2n) is 6.41. The molecule has 0 atom stereocenters. The number of carbonyl (C=O) groups is 1. The van der Waals surface area contributed by atoms with Crippen LogP contribution in [0, 0.1) is 17.5 Å². The second kappa shape index (κ2) is 8.34. The van der Waals surface area contributed by atoms with Crippen molar-refractivity contribution in [3.05, 3.63) is 53.8 Å². The minimum absolute atomic E-state index is 0.154. The highest BCUT2D eigenvalue weighted by atomic mass is 32.2. The Labute approximate surface area is 178 Å². The number of hydrogen-bond donors (Lipinski definition) is 1. The highest BCUT2D eigenvalue weighted by Gasteiger charge is 2.19. The van der Waals surface area contributed by atoms with Crippen LogP contribution in [0.15, 0.2) is 46.0 Å². The molecule has 0 saturated heterocycles. The molecule has 1 amide bonds. The summed E-state index contributed by atoms with van der Waals surface area (Å²) in [6.07, 6.45) is 0. The molecule has 1 N–H and O–H groups in total. The van der Waals surface area contributed by atoms with Crippen molar-refractivity contribution in [1.82, 2.24) is 14.8 Å². The normalized spacial score (nSPS) is 11.1. The number of rotatable bonds is 6. The molecule has 0 aliphatic heterocycles. The number of anilines is 1. The fourth-order valence-corrected chi connectivity index (χ4v) is 3.61. The topological polar surface area (TPSA) is 82.2 Å². The Bertz CT molecular complexity index is 1290. The van der Waals surface area contributed by atoms with Gasteiger partial charge in [-0.05, 0) is 24.3 Å². The lowest BCUT2D eigenvalue weighted by atomic mass is 10.2. The number of nitrogens with one attached hydrogen (secondary N) is 1. The van der Waals surface area contributed by atoms with E-state index in [1.54, 1.807) is 30.9 Å². The Hall–Kier alpha value is -3.47. The van der Waals surface area contributed by atoms with E-state index in [-0.39, 0.29) is 5.75 Å². The van der Waals surface area contributed by atoms with Crippen LogP contribution in [0.3, 0.4) is 0 Å². The lowest BCUT2D eigenvalue weighted by molar-refractivity contribution is -0.113. The van der Waals surface area contributed by atoms with Crippen LogP contribution in [0.2, 0.25) is 0 Å². The molecule has 0 radical (unpaired) electrons. The van der Waals surface area contributed by atoms with Crippen LogP contribution >= 0.6 is 11.8 Å². The highest BCUT2D eigenvalue weighted by Crippen LogP contribution is 2.33. The molecule has 0 unspecified atom stereocenters. The SMILES string of the molecule is COc1cccc2cc(-c3nnc(SCC(=O)Nc4ccc(F)c(F)c4F)n3C)oc12. The molecular formula is C20H15F3N4O3S. The summed E-state index contributed by atoms with van der Waals surface area (Å²) >= 11 is 1.04. The molecule has 160 valence electrons. The van der Waals surface area contributed by atoms with E-state index in [4.69, 9.17) is 9.15 Å². The van der Waals surface area contributed by atoms with Gasteiger partial charge >= 0.3 is 0 Å². The third kappa shape index (κ3) is 3.96.